The number of benzene rings is 1. The molecule has 6 heteroatoms. The lowest BCUT2D eigenvalue weighted by Crippen LogP contribution is -2.32. The maximum Gasteiger partial charge on any atom is 0.267 e. The van der Waals surface area contributed by atoms with Crippen LogP contribution in [0.4, 0.5) is 5.69 Å². The molecule has 5 nitrogen and oxygen atoms in total. The highest BCUT2D eigenvalue weighted by Crippen LogP contribution is 2.21. The van der Waals surface area contributed by atoms with Gasteiger partial charge < -0.3 is 5.32 Å². The Morgan fingerprint density at radius 3 is 2.85 bits per heavy atom. The van der Waals surface area contributed by atoms with Crippen LogP contribution in [-0.2, 0) is 4.79 Å². The number of aromatic nitrogens is 2. The highest BCUT2D eigenvalue weighted by Gasteiger charge is 2.17. The van der Waals surface area contributed by atoms with Crippen molar-refractivity contribution in [1.29, 1.82) is 0 Å². The van der Waals surface area contributed by atoms with Crippen molar-refractivity contribution < 1.29 is 4.79 Å². The Morgan fingerprint density at radius 2 is 2.15 bits per heavy atom. The summed E-state index contributed by atoms with van der Waals surface area (Å²) >= 11 is 5.90. The van der Waals surface area contributed by atoms with E-state index in [1.807, 2.05) is 13.0 Å². The van der Waals surface area contributed by atoms with E-state index in [9.17, 15) is 9.59 Å². The first-order valence-electron chi connectivity index (χ1n) is 6.10. The fourth-order valence-corrected chi connectivity index (χ4v) is 1.91. The highest BCUT2D eigenvalue weighted by atomic mass is 35.5. The Labute approximate surface area is 121 Å². The van der Waals surface area contributed by atoms with Gasteiger partial charge in [0.1, 0.15) is 6.04 Å². The molecule has 1 atom stereocenters. The zero-order valence-electron chi connectivity index (χ0n) is 11.1. The molecule has 0 aliphatic carbocycles. The second-order valence-electron chi connectivity index (χ2n) is 4.43. The molecule has 104 valence electrons. The van der Waals surface area contributed by atoms with Crippen LogP contribution in [0.3, 0.4) is 0 Å². The summed E-state index contributed by atoms with van der Waals surface area (Å²) in [5.74, 6) is -0.323. The van der Waals surface area contributed by atoms with Gasteiger partial charge in [-0.15, -0.1) is 0 Å². The first kappa shape index (κ1) is 14.3. The van der Waals surface area contributed by atoms with E-state index < -0.39 is 6.04 Å². The van der Waals surface area contributed by atoms with Gasteiger partial charge in [-0.05, 0) is 37.6 Å². The standard InChI is InChI=1S/C14H14ClN3O2/c1-9-5-6-11(15)8-12(9)17-14(20)10(2)18-13(19)4-3-7-16-18/h3-8,10H,1-2H3,(H,17,20). The first-order chi connectivity index (χ1) is 9.49. The van der Waals surface area contributed by atoms with Crippen LogP contribution >= 0.6 is 11.6 Å². The molecule has 0 saturated carbocycles. The monoisotopic (exact) mass is 291 g/mol. The molecule has 0 spiro atoms. The molecule has 1 amide bonds. The Morgan fingerprint density at radius 1 is 1.40 bits per heavy atom. The number of halogens is 1. The third kappa shape index (κ3) is 3.05. The molecular weight excluding hydrogens is 278 g/mol. The van der Waals surface area contributed by atoms with Crippen molar-refractivity contribution in [3.05, 3.63) is 57.5 Å². The van der Waals surface area contributed by atoms with Gasteiger partial charge in [0.15, 0.2) is 0 Å². The number of nitrogens with zero attached hydrogens (tertiary/aromatic N) is 2. The average Bonchev–Trinajstić information content (AvgIpc) is 2.42. The van der Waals surface area contributed by atoms with E-state index >= 15 is 0 Å². The van der Waals surface area contributed by atoms with Gasteiger partial charge in [-0.1, -0.05) is 17.7 Å². The van der Waals surface area contributed by atoms with Crippen LogP contribution in [0.15, 0.2) is 41.3 Å². The lowest BCUT2D eigenvalue weighted by Gasteiger charge is -2.15. The number of aryl methyl sites for hydroxylation is 1. The number of amides is 1. The molecule has 0 bridgehead atoms. The minimum atomic E-state index is -0.706. The SMILES string of the molecule is Cc1ccc(Cl)cc1NC(=O)C(C)n1ncccc1=O. The maximum absolute atomic E-state index is 12.2. The summed E-state index contributed by atoms with van der Waals surface area (Å²) in [7, 11) is 0. The lowest BCUT2D eigenvalue weighted by atomic mass is 10.2. The van der Waals surface area contributed by atoms with Crippen LogP contribution in [0.2, 0.25) is 5.02 Å². The third-order valence-electron chi connectivity index (χ3n) is 2.95. The Balaban J connectivity index is 2.22. The van der Waals surface area contributed by atoms with Crippen LogP contribution in [0.1, 0.15) is 18.5 Å². The van der Waals surface area contributed by atoms with Crippen molar-refractivity contribution in [2.45, 2.75) is 19.9 Å². The van der Waals surface area contributed by atoms with Gasteiger partial charge in [-0.25, -0.2) is 4.68 Å². The number of nitrogens with one attached hydrogen (secondary N) is 1. The second kappa shape index (κ2) is 5.88. The highest BCUT2D eigenvalue weighted by molar-refractivity contribution is 6.31. The van der Waals surface area contributed by atoms with Gasteiger partial charge in [0.25, 0.3) is 5.56 Å². The molecule has 0 aliphatic rings. The van der Waals surface area contributed by atoms with Crippen LogP contribution in [0.5, 0.6) is 0 Å². The molecule has 1 unspecified atom stereocenters. The molecule has 2 rings (SSSR count). The van der Waals surface area contributed by atoms with Crippen molar-refractivity contribution in [2.24, 2.45) is 0 Å². The van der Waals surface area contributed by atoms with Gasteiger partial charge in [-0.3, -0.25) is 9.59 Å². The number of carbonyl (C=O) groups is 1. The quantitative estimate of drug-likeness (QED) is 0.944. The van der Waals surface area contributed by atoms with E-state index in [1.165, 1.54) is 18.3 Å². The summed E-state index contributed by atoms with van der Waals surface area (Å²) in [5, 5.41) is 7.19. The molecule has 0 aliphatic heterocycles. The number of rotatable bonds is 3. The Kier molecular flexibility index (Phi) is 4.20. The molecule has 0 radical (unpaired) electrons. The fraction of sp³-hybridized carbons (Fsp3) is 0.214. The van der Waals surface area contributed by atoms with Crippen molar-refractivity contribution in [2.75, 3.05) is 5.32 Å². The number of carbonyl (C=O) groups excluding carboxylic acids is 1. The van der Waals surface area contributed by atoms with E-state index in [0.29, 0.717) is 10.7 Å². The van der Waals surface area contributed by atoms with E-state index in [1.54, 1.807) is 19.1 Å². The van der Waals surface area contributed by atoms with E-state index in [-0.39, 0.29) is 11.5 Å². The lowest BCUT2D eigenvalue weighted by molar-refractivity contribution is -0.119. The van der Waals surface area contributed by atoms with E-state index in [0.717, 1.165) is 10.2 Å². The average molecular weight is 292 g/mol. The summed E-state index contributed by atoms with van der Waals surface area (Å²) in [4.78, 5) is 23.8. The smallest absolute Gasteiger partial charge is 0.267 e. The maximum atomic E-state index is 12.2. The summed E-state index contributed by atoms with van der Waals surface area (Å²) < 4.78 is 1.13. The fourth-order valence-electron chi connectivity index (χ4n) is 1.74. The van der Waals surface area contributed by atoms with Gasteiger partial charge in [-0.2, -0.15) is 5.10 Å². The molecule has 2 aromatic rings. The topological polar surface area (TPSA) is 64.0 Å². The number of hydrogen-bond acceptors (Lipinski definition) is 3. The predicted molar refractivity (Wildman–Crippen MR) is 78.0 cm³/mol. The van der Waals surface area contributed by atoms with Crippen molar-refractivity contribution in [1.82, 2.24) is 9.78 Å². The van der Waals surface area contributed by atoms with E-state index in [2.05, 4.69) is 10.4 Å². The minimum Gasteiger partial charge on any atom is -0.324 e. The second-order valence-corrected chi connectivity index (χ2v) is 4.87. The molecule has 0 fully saturated rings. The number of hydrogen-bond donors (Lipinski definition) is 1. The zero-order chi connectivity index (χ0) is 14.7. The first-order valence-corrected chi connectivity index (χ1v) is 6.47. The van der Waals surface area contributed by atoms with Gasteiger partial charge in [0, 0.05) is 23.0 Å². The summed E-state index contributed by atoms with van der Waals surface area (Å²) in [5.41, 5.74) is 1.19. The van der Waals surface area contributed by atoms with Crippen LogP contribution in [0.25, 0.3) is 0 Å². The van der Waals surface area contributed by atoms with Crippen molar-refractivity contribution >= 4 is 23.2 Å². The predicted octanol–water partition coefficient (Wildman–Crippen LogP) is 2.40. The number of anilines is 1. The van der Waals surface area contributed by atoms with Gasteiger partial charge in [0.2, 0.25) is 5.91 Å². The molecule has 20 heavy (non-hydrogen) atoms. The normalized spacial score (nSPS) is 11.9. The summed E-state index contributed by atoms with van der Waals surface area (Å²) in [6.45, 7) is 3.48. The van der Waals surface area contributed by atoms with Gasteiger partial charge >= 0.3 is 0 Å². The summed E-state index contributed by atoms with van der Waals surface area (Å²) in [6, 6.07) is 7.42. The molecular formula is C14H14ClN3O2. The largest absolute Gasteiger partial charge is 0.324 e. The van der Waals surface area contributed by atoms with Crippen LogP contribution < -0.4 is 10.9 Å². The van der Waals surface area contributed by atoms with E-state index in [4.69, 9.17) is 11.6 Å². The van der Waals surface area contributed by atoms with Gasteiger partial charge in [0.05, 0.1) is 0 Å². The molecule has 1 aromatic heterocycles. The van der Waals surface area contributed by atoms with Crippen LogP contribution in [0, 0.1) is 6.92 Å². The molecule has 1 N–H and O–H groups in total. The Bertz CT molecular complexity index is 697. The minimum absolute atomic E-state index is 0.321. The van der Waals surface area contributed by atoms with Crippen molar-refractivity contribution in [3.8, 4) is 0 Å². The van der Waals surface area contributed by atoms with Crippen molar-refractivity contribution in [3.63, 3.8) is 0 Å². The molecule has 1 heterocycles. The van der Waals surface area contributed by atoms with Crippen LogP contribution in [-0.4, -0.2) is 15.7 Å². The molecule has 1 aromatic carbocycles. The Hall–Kier alpha value is -2.14. The zero-order valence-corrected chi connectivity index (χ0v) is 11.9. The third-order valence-corrected chi connectivity index (χ3v) is 3.18. The summed E-state index contributed by atoms with van der Waals surface area (Å²) in [6.07, 6.45) is 1.47. The molecule has 0 saturated heterocycles.